The van der Waals surface area contributed by atoms with E-state index in [0.29, 0.717) is 6.42 Å². The van der Waals surface area contributed by atoms with Crippen molar-refractivity contribution in [3.63, 3.8) is 0 Å². The second-order valence-electron chi connectivity index (χ2n) is 5.41. The van der Waals surface area contributed by atoms with Crippen molar-refractivity contribution in [2.24, 2.45) is 0 Å². The number of anilines is 1. The molecule has 0 atom stereocenters. The normalized spacial score (nSPS) is 14.8. The number of hydrogen-bond acceptors (Lipinski definition) is 5. The van der Waals surface area contributed by atoms with Crippen molar-refractivity contribution < 1.29 is 4.79 Å². The summed E-state index contributed by atoms with van der Waals surface area (Å²) in [4.78, 5) is 20.1. The van der Waals surface area contributed by atoms with Crippen LogP contribution in [0.15, 0.2) is 43.5 Å². The number of carbonyl (C=O) groups is 1. The Kier molecular flexibility index (Phi) is 4.65. The number of hydrogen-bond donors (Lipinski definition) is 0. The van der Waals surface area contributed by atoms with Gasteiger partial charge in [-0.15, -0.1) is 16.8 Å². The first-order valence-corrected chi connectivity index (χ1v) is 7.73. The average Bonchev–Trinajstić information content (AvgIpc) is 3.14. The molecular weight excluding hydrogens is 292 g/mol. The van der Waals surface area contributed by atoms with Crippen molar-refractivity contribution in [3.05, 3.63) is 43.5 Å². The first-order chi connectivity index (χ1) is 11.3. The van der Waals surface area contributed by atoms with Crippen molar-refractivity contribution in [1.29, 1.82) is 0 Å². The Morgan fingerprint density at radius 2 is 1.91 bits per heavy atom. The van der Waals surface area contributed by atoms with Crippen LogP contribution in [0.1, 0.15) is 12.8 Å². The first kappa shape index (κ1) is 15.2. The molecular formula is C16H20N6O. The van der Waals surface area contributed by atoms with Crippen LogP contribution in [0.2, 0.25) is 0 Å². The fraction of sp³-hybridized carbons (Fsp3) is 0.375. The van der Waals surface area contributed by atoms with Crippen LogP contribution in [0, 0.1) is 0 Å². The van der Waals surface area contributed by atoms with Gasteiger partial charge in [0.1, 0.15) is 6.33 Å². The van der Waals surface area contributed by atoms with E-state index >= 15 is 0 Å². The zero-order valence-electron chi connectivity index (χ0n) is 13.0. The molecule has 0 unspecified atom stereocenters. The summed E-state index contributed by atoms with van der Waals surface area (Å²) in [5, 5.41) is 8.52. The summed E-state index contributed by atoms with van der Waals surface area (Å²) in [6.07, 6.45) is 8.29. The second kappa shape index (κ2) is 7.04. The predicted molar refractivity (Wildman–Crippen MR) is 87.4 cm³/mol. The van der Waals surface area contributed by atoms with Gasteiger partial charge in [0, 0.05) is 45.0 Å². The molecule has 2 aromatic rings. The molecule has 1 amide bonds. The van der Waals surface area contributed by atoms with Crippen molar-refractivity contribution in [2.45, 2.75) is 12.8 Å². The maximum absolute atomic E-state index is 12.0. The molecule has 1 fully saturated rings. The van der Waals surface area contributed by atoms with E-state index < -0.39 is 0 Å². The van der Waals surface area contributed by atoms with Gasteiger partial charge in [0.05, 0.1) is 0 Å². The third-order valence-corrected chi connectivity index (χ3v) is 3.92. The lowest BCUT2D eigenvalue weighted by Gasteiger charge is -2.35. The molecule has 0 aliphatic carbocycles. The smallest absolute Gasteiger partial charge is 0.223 e. The molecule has 1 aliphatic heterocycles. The van der Waals surface area contributed by atoms with E-state index in [0.717, 1.165) is 44.2 Å². The molecule has 2 aromatic heterocycles. The minimum absolute atomic E-state index is 0.200. The first-order valence-electron chi connectivity index (χ1n) is 7.73. The highest BCUT2D eigenvalue weighted by molar-refractivity contribution is 5.76. The van der Waals surface area contributed by atoms with Gasteiger partial charge < -0.3 is 9.80 Å². The molecule has 1 saturated heterocycles. The lowest BCUT2D eigenvalue weighted by molar-refractivity contribution is -0.131. The molecule has 0 saturated carbocycles. The monoisotopic (exact) mass is 312 g/mol. The molecule has 7 nitrogen and oxygen atoms in total. The van der Waals surface area contributed by atoms with Crippen molar-refractivity contribution >= 4 is 11.7 Å². The van der Waals surface area contributed by atoms with Gasteiger partial charge in [0.2, 0.25) is 5.91 Å². The van der Waals surface area contributed by atoms with E-state index in [1.54, 1.807) is 18.6 Å². The quantitative estimate of drug-likeness (QED) is 0.778. The van der Waals surface area contributed by atoms with Crippen LogP contribution in [-0.4, -0.2) is 56.7 Å². The van der Waals surface area contributed by atoms with Crippen LogP contribution < -0.4 is 4.90 Å². The summed E-state index contributed by atoms with van der Waals surface area (Å²) in [6.45, 7) is 6.65. The Bertz CT molecular complexity index is 644. The Hall–Kier alpha value is -2.70. The van der Waals surface area contributed by atoms with Gasteiger partial charge in [-0.3, -0.25) is 9.36 Å². The predicted octanol–water partition coefficient (Wildman–Crippen LogP) is 1.28. The fourth-order valence-electron chi connectivity index (χ4n) is 2.59. The van der Waals surface area contributed by atoms with Crippen molar-refractivity contribution in [2.75, 3.05) is 31.1 Å². The summed E-state index contributed by atoms with van der Waals surface area (Å²) in [7, 11) is 0. The van der Waals surface area contributed by atoms with Gasteiger partial charge in [-0.2, -0.15) is 0 Å². The van der Waals surface area contributed by atoms with Gasteiger partial charge in [-0.1, -0.05) is 6.08 Å². The zero-order chi connectivity index (χ0) is 16.1. The van der Waals surface area contributed by atoms with E-state index in [-0.39, 0.29) is 5.91 Å². The Morgan fingerprint density at radius 3 is 2.52 bits per heavy atom. The highest BCUT2D eigenvalue weighted by Crippen LogP contribution is 2.14. The second-order valence-corrected chi connectivity index (χ2v) is 5.41. The number of rotatable bonds is 5. The SMILES string of the molecule is C=CCCC(=O)N1CCN(c2ccc(-n3ccnc3)nn2)CC1. The maximum Gasteiger partial charge on any atom is 0.223 e. The number of piperazine rings is 1. The maximum atomic E-state index is 12.0. The molecule has 23 heavy (non-hydrogen) atoms. The van der Waals surface area contributed by atoms with Crippen LogP contribution in [0.3, 0.4) is 0 Å². The molecule has 1 aliphatic rings. The fourth-order valence-corrected chi connectivity index (χ4v) is 2.59. The molecule has 7 heteroatoms. The van der Waals surface area contributed by atoms with Crippen LogP contribution in [0.25, 0.3) is 5.82 Å². The molecule has 0 radical (unpaired) electrons. The number of carbonyl (C=O) groups excluding carboxylic acids is 1. The van der Waals surface area contributed by atoms with Gasteiger partial charge in [0.25, 0.3) is 0 Å². The largest absolute Gasteiger partial charge is 0.352 e. The molecule has 0 N–H and O–H groups in total. The third kappa shape index (κ3) is 3.56. The summed E-state index contributed by atoms with van der Waals surface area (Å²) in [5.41, 5.74) is 0. The summed E-state index contributed by atoms with van der Waals surface area (Å²) >= 11 is 0. The van der Waals surface area contributed by atoms with Crippen LogP contribution >= 0.6 is 0 Å². The topological polar surface area (TPSA) is 67.2 Å². The highest BCUT2D eigenvalue weighted by Gasteiger charge is 2.21. The standard InChI is InChI=1S/C16H20N6O/c1-2-3-4-16(23)21-11-9-20(10-12-21)14-5-6-15(19-18-14)22-8-7-17-13-22/h2,5-8,13H,1,3-4,9-12H2. The lowest BCUT2D eigenvalue weighted by atomic mass is 10.2. The molecule has 0 aromatic carbocycles. The lowest BCUT2D eigenvalue weighted by Crippen LogP contribution is -2.49. The van der Waals surface area contributed by atoms with E-state index in [9.17, 15) is 4.79 Å². The molecule has 0 spiro atoms. The van der Waals surface area contributed by atoms with Crippen LogP contribution in [-0.2, 0) is 4.79 Å². The third-order valence-electron chi connectivity index (χ3n) is 3.92. The minimum atomic E-state index is 0.200. The Labute approximate surface area is 135 Å². The molecule has 0 bridgehead atoms. The van der Waals surface area contributed by atoms with Gasteiger partial charge >= 0.3 is 0 Å². The number of imidazole rings is 1. The van der Waals surface area contributed by atoms with Crippen LogP contribution in [0.5, 0.6) is 0 Å². The molecule has 3 rings (SSSR count). The Balaban J connectivity index is 1.57. The number of nitrogens with zero attached hydrogens (tertiary/aromatic N) is 6. The minimum Gasteiger partial charge on any atom is -0.352 e. The van der Waals surface area contributed by atoms with Gasteiger partial charge in [-0.25, -0.2) is 4.98 Å². The van der Waals surface area contributed by atoms with E-state index in [2.05, 4.69) is 26.7 Å². The van der Waals surface area contributed by atoms with Gasteiger partial charge in [-0.05, 0) is 18.6 Å². The molecule has 3 heterocycles. The zero-order valence-corrected chi connectivity index (χ0v) is 13.0. The van der Waals surface area contributed by atoms with Crippen molar-refractivity contribution in [3.8, 4) is 5.82 Å². The van der Waals surface area contributed by atoms with Gasteiger partial charge in [0.15, 0.2) is 11.6 Å². The van der Waals surface area contributed by atoms with E-state index in [1.165, 1.54) is 0 Å². The van der Waals surface area contributed by atoms with E-state index in [4.69, 9.17) is 0 Å². The summed E-state index contributed by atoms with van der Waals surface area (Å²) in [6, 6.07) is 3.88. The average molecular weight is 312 g/mol. The highest BCUT2D eigenvalue weighted by atomic mass is 16.2. The van der Waals surface area contributed by atoms with Crippen molar-refractivity contribution in [1.82, 2.24) is 24.6 Å². The number of allylic oxidation sites excluding steroid dienone is 1. The Morgan fingerprint density at radius 1 is 1.17 bits per heavy atom. The summed E-state index contributed by atoms with van der Waals surface area (Å²) < 4.78 is 1.81. The number of amides is 1. The van der Waals surface area contributed by atoms with Crippen LogP contribution in [0.4, 0.5) is 5.82 Å². The molecule has 120 valence electrons. The summed E-state index contributed by atoms with van der Waals surface area (Å²) in [5.74, 6) is 1.78. The van der Waals surface area contributed by atoms with E-state index in [1.807, 2.05) is 27.8 Å². The number of aromatic nitrogens is 4.